The molecule has 120 valence electrons. The molecule has 3 rings (SSSR count). The Hall–Kier alpha value is -1.41. The van der Waals surface area contributed by atoms with Crippen molar-refractivity contribution in [2.45, 2.75) is 44.5 Å². The first-order valence-corrected chi connectivity index (χ1v) is 7.89. The quantitative estimate of drug-likeness (QED) is 0.842. The first-order chi connectivity index (χ1) is 10.3. The highest BCUT2D eigenvalue weighted by Crippen LogP contribution is 2.38. The van der Waals surface area contributed by atoms with E-state index in [1.807, 2.05) is 6.92 Å². The van der Waals surface area contributed by atoms with Gasteiger partial charge in [-0.05, 0) is 25.3 Å². The van der Waals surface area contributed by atoms with E-state index < -0.39 is 18.3 Å². The Morgan fingerprint density at radius 2 is 2.23 bits per heavy atom. The summed E-state index contributed by atoms with van der Waals surface area (Å²) in [4.78, 5) is 8.81. The van der Waals surface area contributed by atoms with Crippen molar-refractivity contribution < 1.29 is 18.3 Å². The molecule has 1 aliphatic carbocycles. The number of aliphatic hydroxyl groups is 1. The number of halogens is 3. The number of thiophene rings is 1. The van der Waals surface area contributed by atoms with Gasteiger partial charge in [-0.2, -0.15) is 13.2 Å². The lowest BCUT2D eigenvalue weighted by Crippen LogP contribution is -2.40. The van der Waals surface area contributed by atoms with E-state index >= 15 is 0 Å². The van der Waals surface area contributed by atoms with E-state index in [2.05, 4.69) is 15.3 Å². The van der Waals surface area contributed by atoms with Crippen LogP contribution in [-0.2, 0) is 6.42 Å². The third-order valence-electron chi connectivity index (χ3n) is 4.10. The van der Waals surface area contributed by atoms with Crippen LogP contribution < -0.4 is 5.32 Å². The summed E-state index contributed by atoms with van der Waals surface area (Å²) in [6.07, 6.45) is -1.52. The maximum Gasteiger partial charge on any atom is 0.393 e. The largest absolute Gasteiger partial charge is 0.393 e. The predicted molar refractivity (Wildman–Crippen MR) is 78.8 cm³/mol. The molecular formula is C14H16F3N3OS. The molecule has 1 saturated carbocycles. The molecule has 0 radical (unpaired) electrons. The monoisotopic (exact) mass is 331 g/mol. The van der Waals surface area contributed by atoms with Gasteiger partial charge in [0.05, 0.1) is 11.8 Å². The molecule has 1 fully saturated rings. The van der Waals surface area contributed by atoms with Crippen molar-refractivity contribution in [1.29, 1.82) is 0 Å². The maximum absolute atomic E-state index is 12.5. The Bertz CT molecular complexity index is 688. The van der Waals surface area contributed by atoms with Gasteiger partial charge in [0.25, 0.3) is 0 Å². The second kappa shape index (κ2) is 5.34. The molecule has 2 heterocycles. The van der Waals surface area contributed by atoms with E-state index in [1.54, 1.807) is 0 Å². The molecule has 0 spiro atoms. The van der Waals surface area contributed by atoms with Crippen LogP contribution in [0.5, 0.6) is 0 Å². The lowest BCUT2D eigenvalue weighted by Gasteiger charge is -2.29. The molecule has 22 heavy (non-hydrogen) atoms. The number of rotatable bonds is 3. The minimum atomic E-state index is -4.25. The van der Waals surface area contributed by atoms with Gasteiger partial charge >= 0.3 is 6.18 Å². The minimum Gasteiger partial charge on any atom is -0.371 e. The average Bonchev–Trinajstić information content (AvgIpc) is 2.92. The highest BCUT2D eigenvalue weighted by molar-refractivity contribution is 7.18. The van der Waals surface area contributed by atoms with Gasteiger partial charge in [-0.25, -0.2) is 9.97 Å². The zero-order chi connectivity index (χ0) is 16.0. The van der Waals surface area contributed by atoms with E-state index in [1.165, 1.54) is 12.4 Å². The second-order valence-corrected chi connectivity index (χ2v) is 6.90. The Morgan fingerprint density at radius 3 is 2.86 bits per heavy atom. The van der Waals surface area contributed by atoms with E-state index in [4.69, 9.17) is 0 Å². The van der Waals surface area contributed by atoms with Gasteiger partial charge in [0.2, 0.25) is 0 Å². The Kier molecular flexibility index (Phi) is 3.76. The molecule has 1 aliphatic rings. The average molecular weight is 331 g/mol. The summed E-state index contributed by atoms with van der Waals surface area (Å²) in [6, 6.07) is 1.46. The van der Waals surface area contributed by atoms with Gasteiger partial charge < -0.3 is 10.4 Å². The predicted octanol–water partition coefficient (Wildman–Crippen LogP) is 3.72. The first-order valence-electron chi connectivity index (χ1n) is 7.07. The van der Waals surface area contributed by atoms with E-state index in [0.29, 0.717) is 22.5 Å². The van der Waals surface area contributed by atoms with Crippen LogP contribution >= 0.6 is 11.3 Å². The van der Waals surface area contributed by atoms with Crippen molar-refractivity contribution in [3.05, 3.63) is 17.3 Å². The van der Waals surface area contributed by atoms with Crippen LogP contribution in [0.2, 0.25) is 0 Å². The fraction of sp³-hybridized carbons (Fsp3) is 0.571. The second-order valence-electron chi connectivity index (χ2n) is 5.79. The fourth-order valence-electron chi connectivity index (χ4n) is 2.84. The molecule has 0 aliphatic heterocycles. The first kappa shape index (κ1) is 15.5. The lowest BCUT2D eigenvalue weighted by atomic mass is 10.0. The molecule has 2 unspecified atom stereocenters. The van der Waals surface area contributed by atoms with Crippen LogP contribution in [0.4, 0.5) is 19.0 Å². The van der Waals surface area contributed by atoms with Crippen molar-refractivity contribution in [3.63, 3.8) is 0 Å². The summed E-state index contributed by atoms with van der Waals surface area (Å²) < 4.78 is 37.6. The molecule has 0 aromatic carbocycles. The number of nitrogens with one attached hydrogen (secondary N) is 1. The molecule has 0 amide bonds. The van der Waals surface area contributed by atoms with Crippen LogP contribution in [0, 0.1) is 5.92 Å². The number of anilines is 1. The van der Waals surface area contributed by atoms with Gasteiger partial charge in [-0.15, -0.1) is 11.3 Å². The van der Waals surface area contributed by atoms with E-state index in [-0.39, 0.29) is 10.8 Å². The Balaban J connectivity index is 1.93. The van der Waals surface area contributed by atoms with Crippen LogP contribution in [-0.4, -0.2) is 27.0 Å². The topological polar surface area (TPSA) is 58.0 Å². The van der Waals surface area contributed by atoms with Crippen molar-refractivity contribution in [2.24, 2.45) is 5.92 Å². The zero-order valence-electron chi connectivity index (χ0n) is 11.9. The SMILES string of the molecule is CC1CCCC1(O)Nc1ncnc2sc(CC(F)(F)F)cc12. The van der Waals surface area contributed by atoms with Crippen molar-refractivity contribution in [3.8, 4) is 0 Å². The summed E-state index contributed by atoms with van der Waals surface area (Å²) in [5.74, 6) is 0.455. The number of aromatic nitrogens is 2. The molecule has 0 bridgehead atoms. The number of alkyl halides is 3. The smallest absolute Gasteiger partial charge is 0.371 e. The summed E-state index contributed by atoms with van der Waals surface area (Å²) in [5.41, 5.74) is -1.06. The molecule has 0 saturated heterocycles. The van der Waals surface area contributed by atoms with Gasteiger partial charge in [-0.1, -0.05) is 6.92 Å². The molecule has 2 atom stereocenters. The molecule has 4 nitrogen and oxygen atoms in total. The number of fused-ring (bicyclic) bond motifs is 1. The number of hydrogen-bond donors (Lipinski definition) is 2. The molecule has 2 N–H and O–H groups in total. The third kappa shape index (κ3) is 3.03. The van der Waals surface area contributed by atoms with Crippen molar-refractivity contribution >= 4 is 27.4 Å². The number of hydrogen-bond acceptors (Lipinski definition) is 5. The van der Waals surface area contributed by atoms with Crippen molar-refractivity contribution in [1.82, 2.24) is 9.97 Å². The van der Waals surface area contributed by atoms with Gasteiger partial charge in [0.1, 0.15) is 22.7 Å². The van der Waals surface area contributed by atoms with Gasteiger partial charge in [0.15, 0.2) is 0 Å². The van der Waals surface area contributed by atoms with E-state index in [0.717, 1.165) is 24.2 Å². The van der Waals surface area contributed by atoms with Crippen LogP contribution in [0.1, 0.15) is 31.1 Å². The maximum atomic E-state index is 12.5. The van der Waals surface area contributed by atoms with Crippen LogP contribution in [0.3, 0.4) is 0 Å². The highest BCUT2D eigenvalue weighted by atomic mass is 32.1. The van der Waals surface area contributed by atoms with Crippen molar-refractivity contribution in [2.75, 3.05) is 5.32 Å². The lowest BCUT2D eigenvalue weighted by molar-refractivity contribution is -0.126. The van der Waals surface area contributed by atoms with Crippen LogP contribution in [0.15, 0.2) is 12.4 Å². The van der Waals surface area contributed by atoms with Crippen LogP contribution in [0.25, 0.3) is 10.2 Å². The molecule has 2 aromatic rings. The fourth-order valence-corrected chi connectivity index (χ4v) is 3.87. The summed E-state index contributed by atoms with van der Waals surface area (Å²) in [5, 5.41) is 14.2. The Morgan fingerprint density at radius 1 is 1.45 bits per heavy atom. The Labute approximate surface area is 129 Å². The van der Waals surface area contributed by atoms with Gasteiger partial charge in [-0.3, -0.25) is 0 Å². The van der Waals surface area contributed by atoms with E-state index in [9.17, 15) is 18.3 Å². The summed E-state index contributed by atoms with van der Waals surface area (Å²) in [7, 11) is 0. The number of nitrogens with zero attached hydrogens (tertiary/aromatic N) is 2. The summed E-state index contributed by atoms with van der Waals surface area (Å²) >= 11 is 1.00. The molecule has 2 aromatic heterocycles. The minimum absolute atomic E-state index is 0.0609. The highest BCUT2D eigenvalue weighted by Gasteiger charge is 2.39. The molecule has 8 heteroatoms. The van der Waals surface area contributed by atoms with Gasteiger partial charge in [0, 0.05) is 10.8 Å². The third-order valence-corrected chi connectivity index (χ3v) is 5.14. The molecular weight excluding hydrogens is 315 g/mol. The zero-order valence-corrected chi connectivity index (χ0v) is 12.8. The standard InChI is InChI=1S/C14H16F3N3OS/c1-8-3-2-4-13(8,21)20-11-10-5-9(6-14(15,16)17)22-12(10)19-7-18-11/h5,7-8,21H,2-4,6H2,1H3,(H,18,19,20). The normalized spacial score (nSPS) is 25.8. The summed E-state index contributed by atoms with van der Waals surface area (Å²) in [6.45, 7) is 1.95.